The van der Waals surface area contributed by atoms with Gasteiger partial charge in [-0.15, -0.1) is 0 Å². The molecule has 1 aliphatic heterocycles. The number of ketones is 2. The number of hydrogen-bond acceptors (Lipinski definition) is 4. The standard InChI is InChI=1S/C18H16BrFN2O2/c19-11-9-10(7-8-12(11)20)22-13-3-1-5-15(23)17(13)21-18-14(22)4-2-6-16(18)24/h7-9,21H,1-6H2. The van der Waals surface area contributed by atoms with Crippen molar-refractivity contribution in [2.75, 3.05) is 4.90 Å². The van der Waals surface area contributed by atoms with Crippen LogP contribution in [-0.4, -0.2) is 11.6 Å². The van der Waals surface area contributed by atoms with Gasteiger partial charge in [-0.25, -0.2) is 4.39 Å². The van der Waals surface area contributed by atoms with Gasteiger partial charge in [0.1, 0.15) is 17.2 Å². The van der Waals surface area contributed by atoms with E-state index in [1.165, 1.54) is 6.07 Å². The largest absolute Gasteiger partial charge is 0.347 e. The molecule has 0 saturated heterocycles. The summed E-state index contributed by atoms with van der Waals surface area (Å²) in [6.07, 6.45) is 4.07. The average molecular weight is 391 g/mol. The van der Waals surface area contributed by atoms with E-state index >= 15 is 0 Å². The van der Waals surface area contributed by atoms with E-state index in [0.29, 0.717) is 28.7 Å². The number of rotatable bonds is 1. The summed E-state index contributed by atoms with van der Waals surface area (Å²) in [5.74, 6) is -0.267. The Morgan fingerprint density at radius 3 is 2.08 bits per heavy atom. The Balaban J connectivity index is 1.90. The van der Waals surface area contributed by atoms with Crippen molar-refractivity contribution < 1.29 is 14.0 Å². The Bertz CT molecular complexity index is 786. The van der Waals surface area contributed by atoms with E-state index < -0.39 is 0 Å². The lowest BCUT2D eigenvalue weighted by Gasteiger charge is -2.40. The molecular weight excluding hydrogens is 375 g/mol. The highest BCUT2D eigenvalue weighted by atomic mass is 79.9. The summed E-state index contributed by atoms with van der Waals surface area (Å²) < 4.78 is 14.0. The molecular formula is C18H16BrFN2O2. The Morgan fingerprint density at radius 1 is 0.958 bits per heavy atom. The Kier molecular flexibility index (Phi) is 3.79. The zero-order chi connectivity index (χ0) is 16.8. The summed E-state index contributed by atoms with van der Waals surface area (Å²) in [5.41, 5.74) is 3.59. The number of allylic oxidation sites excluding steroid dienone is 4. The van der Waals surface area contributed by atoms with Gasteiger partial charge in [0.05, 0.1) is 15.9 Å². The molecule has 4 rings (SSSR count). The molecule has 4 nitrogen and oxygen atoms in total. The molecule has 0 bridgehead atoms. The topological polar surface area (TPSA) is 49.4 Å². The van der Waals surface area contributed by atoms with Gasteiger partial charge in [-0.3, -0.25) is 9.59 Å². The second-order valence-electron chi connectivity index (χ2n) is 6.26. The monoisotopic (exact) mass is 390 g/mol. The fraction of sp³-hybridized carbons (Fsp3) is 0.333. The highest BCUT2D eigenvalue weighted by Gasteiger charge is 2.36. The van der Waals surface area contributed by atoms with Crippen molar-refractivity contribution >= 4 is 33.2 Å². The van der Waals surface area contributed by atoms with Gasteiger partial charge in [-0.2, -0.15) is 0 Å². The predicted octanol–water partition coefficient (Wildman–Crippen LogP) is 3.93. The average Bonchev–Trinajstić information content (AvgIpc) is 2.57. The second kappa shape index (κ2) is 5.84. The summed E-state index contributed by atoms with van der Waals surface area (Å²) in [7, 11) is 0. The fourth-order valence-corrected chi connectivity index (χ4v) is 3.98. The molecule has 1 aromatic carbocycles. The Labute approximate surface area is 147 Å². The normalized spacial score (nSPS) is 20.8. The maximum Gasteiger partial charge on any atom is 0.180 e. The van der Waals surface area contributed by atoms with Crippen molar-refractivity contribution in [3.63, 3.8) is 0 Å². The van der Waals surface area contributed by atoms with Crippen LogP contribution in [0.1, 0.15) is 38.5 Å². The van der Waals surface area contributed by atoms with Gasteiger partial charge < -0.3 is 10.2 Å². The van der Waals surface area contributed by atoms with E-state index in [4.69, 9.17) is 0 Å². The van der Waals surface area contributed by atoms with Gasteiger partial charge in [0, 0.05) is 18.5 Å². The minimum absolute atomic E-state index is 0.0346. The molecule has 24 heavy (non-hydrogen) atoms. The lowest BCUT2D eigenvalue weighted by atomic mass is 9.90. The fourth-order valence-electron chi connectivity index (χ4n) is 3.61. The molecule has 3 aliphatic rings. The first kappa shape index (κ1) is 15.6. The van der Waals surface area contributed by atoms with E-state index in [9.17, 15) is 14.0 Å². The van der Waals surface area contributed by atoms with Crippen LogP contribution < -0.4 is 10.2 Å². The van der Waals surface area contributed by atoms with Crippen molar-refractivity contribution in [2.45, 2.75) is 38.5 Å². The van der Waals surface area contributed by atoms with Crippen molar-refractivity contribution in [2.24, 2.45) is 0 Å². The smallest absolute Gasteiger partial charge is 0.180 e. The van der Waals surface area contributed by atoms with Gasteiger partial charge >= 0.3 is 0 Å². The lowest BCUT2D eigenvalue weighted by Crippen LogP contribution is -2.42. The van der Waals surface area contributed by atoms with E-state index in [1.807, 2.05) is 4.90 Å². The van der Waals surface area contributed by atoms with Gasteiger partial charge in [-0.1, -0.05) is 0 Å². The number of Topliss-reactive ketones (excluding diaryl/α,β-unsaturated/α-hetero) is 2. The van der Waals surface area contributed by atoms with Crippen LogP contribution in [0.4, 0.5) is 10.1 Å². The van der Waals surface area contributed by atoms with Crippen LogP contribution in [0.5, 0.6) is 0 Å². The van der Waals surface area contributed by atoms with Crippen LogP contribution in [0.2, 0.25) is 0 Å². The van der Waals surface area contributed by atoms with Crippen molar-refractivity contribution in [1.82, 2.24) is 5.32 Å². The van der Waals surface area contributed by atoms with E-state index in [1.54, 1.807) is 12.1 Å². The molecule has 2 aliphatic carbocycles. The van der Waals surface area contributed by atoms with Gasteiger partial charge in [-0.05, 0) is 59.8 Å². The molecule has 0 aromatic heterocycles. The summed E-state index contributed by atoms with van der Waals surface area (Å²) >= 11 is 3.23. The molecule has 6 heteroatoms. The molecule has 1 heterocycles. The molecule has 0 amide bonds. The molecule has 0 radical (unpaired) electrons. The van der Waals surface area contributed by atoms with Crippen molar-refractivity contribution in [3.8, 4) is 0 Å². The van der Waals surface area contributed by atoms with E-state index in [0.717, 1.165) is 42.8 Å². The predicted molar refractivity (Wildman–Crippen MR) is 91.5 cm³/mol. The molecule has 0 fully saturated rings. The highest BCUT2D eigenvalue weighted by molar-refractivity contribution is 9.10. The third kappa shape index (κ3) is 2.40. The summed E-state index contributed by atoms with van der Waals surface area (Å²) in [6.45, 7) is 0. The van der Waals surface area contributed by atoms with Crippen LogP contribution in [0.25, 0.3) is 0 Å². The van der Waals surface area contributed by atoms with E-state index in [2.05, 4.69) is 21.2 Å². The van der Waals surface area contributed by atoms with Crippen LogP contribution in [0, 0.1) is 5.82 Å². The number of anilines is 1. The molecule has 0 saturated carbocycles. The van der Waals surface area contributed by atoms with Crippen molar-refractivity contribution in [1.29, 1.82) is 0 Å². The van der Waals surface area contributed by atoms with Crippen LogP contribution in [0.15, 0.2) is 45.5 Å². The zero-order valence-electron chi connectivity index (χ0n) is 13.0. The van der Waals surface area contributed by atoms with E-state index in [-0.39, 0.29) is 17.4 Å². The third-order valence-electron chi connectivity index (χ3n) is 4.72. The zero-order valence-corrected chi connectivity index (χ0v) is 14.6. The number of nitrogens with zero attached hydrogens (tertiary/aromatic N) is 1. The number of carbonyl (C=O) groups is 2. The first-order valence-electron chi connectivity index (χ1n) is 8.11. The molecule has 0 unspecified atom stereocenters. The quantitative estimate of drug-likeness (QED) is 0.789. The van der Waals surface area contributed by atoms with Gasteiger partial charge in [0.15, 0.2) is 11.6 Å². The summed E-state index contributed by atoms with van der Waals surface area (Å²) in [4.78, 5) is 26.7. The van der Waals surface area contributed by atoms with Crippen LogP contribution in [-0.2, 0) is 9.59 Å². The summed E-state index contributed by atoms with van der Waals surface area (Å²) in [6, 6.07) is 4.80. The van der Waals surface area contributed by atoms with Crippen LogP contribution in [0.3, 0.4) is 0 Å². The minimum atomic E-state index is -0.336. The number of hydrogen-bond donors (Lipinski definition) is 1. The first-order valence-corrected chi connectivity index (χ1v) is 8.90. The van der Waals surface area contributed by atoms with Gasteiger partial charge in [0.2, 0.25) is 0 Å². The molecule has 0 atom stereocenters. The third-order valence-corrected chi connectivity index (χ3v) is 5.33. The van der Waals surface area contributed by atoms with Crippen LogP contribution >= 0.6 is 15.9 Å². The number of benzene rings is 1. The maximum atomic E-state index is 13.6. The van der Waals surface area contributed by atoms with Gasteiger partial charge in [0.25, 0.3) is 0 Å². The SMILES string of the molecule is O=C1CCCC2=C1NC1=C(CCCC1=O)N2c1ccc(F)c(Br)c1. The second-order valence-corrected chi connectivity index (χ2v) is 7.11. The molecule has 124 valence electrons. The Morgan fingerprint density at radius 2 is 1.54 bits per heavy atom. The number of nitrogens with one attached hydrogen (secondary N) is 1. The number of halogens is 2. The number of carbonyl (C=O) groups excluding carboxylic acids is 2. The minimum Gasteiger partial charge on any atom is -0.347 e. The lowest BCUT2D eigenvalue weighted by molar-refractivity contribution is -0.117. The molecule has 0 spiro atoms. The van der Waals surface area contributed by atoms with Crippen molar-refractivity contribution in [3.05, 3.63) is 51.3 Å². The maximum absolute atomic E-state index is 13.6. The Hall–Kier alpha value is -1.95. The summed E-state index contributed by atoms with van der Waals surface area (Å²) in [5, 5.41) is 3.12. The molecule has 1 aromatic rings. The molecule has 1 N–H and O–H groups in total. The highest BCUT2D eigenvalue weighted by Crippen LogP contribution is 2.40. The first-order chi connectivity index (χ1) is 11.6.